The van der Waals surface area contributed by atoms with Gasteiger partial charge in [-0.3, -0.25) is 14.8 Å². The van der Waals surface area contributed by atoms with Crippen LogP contribution in [0.2, 0.25) is 0 Å². The zero-order valence-corrected chi connectivity index (χ0v) is 11.8. The second-order valence-corrected chi connectivity index (χ2v) is 6.42. The van der Waals surface area contributed by atoms with Crippen LogP contribution in [0, 0.1) is 0 Å². The Balaban J connectivity index is 1.82. The number of nitrogens with two attached hydrogens (primary N) is 1. The highest BCUT2D eigenvalue weighted by atomic mass is 32.2. The lowest BCUT2D eigenvalue weighted by atomic mass is 10.0. The van der Waals surface area contributed by atoms with E-state index < -0.39 is 12.0 Å². The van der Waals surface area contributed by atoms with E-state index >= 15 is 0 Å². The molecule has 106 valence electrons. The predicted molar refractivity (Wildman–Crippen MR) is 72.8 cm³/mol. The molecule has 20 heavy (non-hydrogen) atoms. The van der Waals surface area contributed by atoms with Gasteiger partial charge in [0.15, 0.2) is 0 Å². The second kappa shape index (κ2) is 5.11. The molecule has 10 heteroatoms. The lowest BCUT2D eigenvalue weighted by molar-refractivity contribution is -0.147. The number of H-pyrrole nitrogens is 1. The van der Waals surface area contributed by atoms with Gasteiger partial charge in [-0.05, 0) is 5.57 Å². The molecule has 1 aromatic heterocycles. The van der Waals surface area contributed by atoms with Gasteiger partial charge in [0.05, 0.1) is 6.20 Å². The molecular weight excluding hydrogens is 302 g/mol. The molecule has 3 rings (SSSR count). The van der Waals surface area contributed by atoms with Gasteiger partial charge in [0.25, 0.3) is 0 Å². The van der Waals surface area contributed by atoms with E-state index in [0.29, 0.717) is 17.1 Å². The van der Waals surface area contributed by atoms with Gasteiger partial charge < -0.3 is 10.8 Å². The quantitative estimate of drug-likeness (QED) is 0.501. The van der Waals surface area contributed by atoms with Gasteiger partial charge in [0.2, 0.25) is 5.91 Å². The molecule has 3 heterocycles. The highest BCUT2D eigenvalue weighted by molar-refractivity contribution is 8.01. The van der Waals surface area contributed by atoms with Crippen LogP contribution in [0.4, 0.5) is 0 Å². The minimum Gasteiger partial charge on any atom is -0.477 e. The molecule has 2 aliphatic heterocycles. The zero-order valence-electron chi connectivity index (χ0n) is 10.1. The average molecular weight is 313 g/mol. The fourth-order valence-electron chi connectivity index (χ4n) is 2.11. The van der Waals surface area contributed by atoms with Crippen LogP contribution in [-0.2, 0) is 9.59 Å². The van der Waals surface area contributed by atoms with Crippen molar-refractivity contribution < 1.29 is 14.7 Å². The molecular formula is C10H11N5O3S2. The average Bonchev–Trinajstić information content (AvgIpc) is 2.96. The normalized spacial score (nSPS) is 25.4. The van der Waals surface area contributed by atoms with Crippen LogP contribution in [0.25, 0.3) is 0 Å². The Morgan fingerprint density at radius 2 is 2.50 bits per heavy atom. The molecule has 0 radical (unpaired) electrons. The molecule has 0 aromatic carbocycles. The first kappa shape index (κ1) is 13.5. The number of aromatic amines is 1. The number of carbonyl (C=O) groups is 2. The Kier molecular flexibility index (Phi) is 3.44. The van der Waals surface area contributed by atoms with Crippen molar-refractivity contribution in [1.29, 1.82) is 0 Å². The monoisotopic (exact) mass is 313 g/mol. The van der Waals surface area contributed by atoms with Crippen LogP contribution in [0.3, 0.4) is 0 Å². The minimum absolute atomic E-state index is 0.0698. The van der Waals surface area contributed by atoms with E-state index in [1.165, 1.54) is 28.4 Å². The number of aliphatic carboxylic acids is 1. The summed E-state index contributed by atoms with van der Waals surface area (Å²) in [5.41, 5.74) is 6.46. The van der Waals surface area contributed by atoms with Crippen molar-refractivity contribution >= 4 is 35.4 Å². The fourth-order valence-corrected chi connectivity index (χ4v) is 4.33. The molecule has 1 fully saturated rings. The smallest absolute Gasteiger partial charge is 0.352 e. The fraction of sp³-hybridized carbons (Fsp3) is 0.400. The summed E-state index contributed by atoms with van der Waals surface area (Å²) in [5.74, 6) is -0.401. The number of nitrogens with one attached hydrogen (secondary N) is 1. The van der Waals surface area contributed by atoms with Crippen LogP contribution in [-0.4, -0.2) is 60.2 Å². The largest absolute Gasteiger partial charge is 0.477 e. The summed E-state index contributed by atoms with van der Waals surface area (Å²) < 4.78 is 0. The van der Waals surface area contributed by atoms with Crippen molar-refractivity contribution in [1.82, 2.24) is 20.3 Å². The molecule has 0 aliphatic carbocycles. The van der Waals surface area contributed by atoms with E-state index in [1.807, 2.05) is 0 Å². The Morgan fingerprint density at radius 1 is 1.70 bits per heavy atom. The lowest BCUT2D eigenvalue weighted by Crippen LogP contribution is -2.68. The number of hydrogen-bond acceptors (Lipinski definition) is 7. The third kappa shape index (κ3) is 2.09. The summed E-state index contributed by atoms with van der Waals surface area (Å²) >= 11 is 2.90. The predicted octanol–water partition coefficient (Wildman–Crippen LogP) is -0.522. The summed E-state index contributed by atoms with van der Waals surface area (Å²) in [5, 5.41) is 19.8. The molecule has 2 unspecified atom stereocenters. The molecule has 1 aromatic rings. The maximum Gasteiger partial charge on any atom is 0.352 e. The van der Waals surface area contributed by atoms with E-state index in [0.717, 1.165) is 5.03 Å². The third-order valence-corrected chi connectivity index (χ3v) is 5.45. The van der Waals surface area contributed by atoms with Gasteiger partial charge in [-0.2, -0.15) is 0 Å². The molecule has 2 aliphatic rings. The van der Waals surface area contributed by atoms with Crippen molar-refractivity contribution in [2.45, 2.75) is 16.4 Å². The van der Waals surface area contributed by atoms with Gasteiger partial charge in [-0.25, -0.2) is 4.79 Å². The molecule has 0 saturated carbocycles. The molecule has 2 atom stereocenters. The topological polar surface area (TPSA) is 125 Å². The number of carboxylic acid groups (broad SMARTS) is 1. The molecule has 4 N–H and O–H groups in total. The number of nitrogens with zero attached hydrogens (tertiary/aromatic N) is 3. The number of amides is 1. The van der Waals surface area contributed by atoms with Crippen molar-refractivity contribution in [3.05, 3.63) is 17.5 Å². The Bertz CT molecular complexity index is 588. The zero-order chi connectivity index (χ0) is 14.3. The van der Waals surface area contributed by atoms with Gasteiger partial charge in [0.1, 0.15) is 22.1 Å². The highest BCUT2D eigenvalue weighted by Crippen LogP contribution is 2.40. The number of β-lactam (4-membered cyclic amide) rings is 1. The van der Waals surface area contributed by atoms with Crippen molar-refractivity contribution in [2.75, 3.05) is 11.5 Å². The van der Waals surface area contributed by atoms with Crippen molar-refractivity contribution in [2.24, 2.45) is 5.73 Å². The second-order valence-electron chi connectivity index (χ2n) is 4.30. The Morgan fingerprint density at radius 3 is 3.15 bits per heavy atom. The SMILES string of the molecule is NC1C(=O)N2C(C(=O)O)=C(CSc3cnn[nH]3)CSC12. The van der Waals surface area contributed by atoms with Crippen LogP contribution in [0.5, 0.6) is 0 Å². The summed E-state index contributed by atoms with van der Waals surface area (Å²) in [4.78, 5) is 24.5. The Labute approximate surface area is 122 Å². The number of carboxylic acids is 1. The number of carbonyl (C=O) groups excluding carboxylic acids is 1. The van der Waals surface area contributed by atoms with Crippen molar-refractivity contribution in [3.8, 4) is 0 Å². The van der Waals surface area contributed by atoms with Gasteiger partial charge >= 0.3 is 5.97 Å². The Hall–Kier alpha value is -1.52. The first-order valence-electron chi connectivity index (χ1n) is 5.74. The van der Waals surface area contributed by atoms with Gasteiger partial charge in [-0.1, -0.05) is 5.21 Å². The maximum absolute atomic E-state index is 11.7. The lowest BCUT2D eigenvalue weighted by Gasteiger charge is -2.48. The maximum atomic E-state index is 11.7. The third-order valence-electron chi connectivity index (χ3n) is 3.09. The molecule has 1 amide bonds. The first-order chi connectivity index (χ1) is 9.59. The first-order valence-corrected chi connectivity index (χ1v) is 7.77. The van der Waals surface area contributed by atoms with Crippen LogP contribution >= 0.6 is 23.5 Å². The van der Waals surface area contributed by atoms with Crippen LogP contribution in [0.1, 0.15) is 0 Å². The standard InChI is InChI=1S/C10H11N5O3S2/c11-6-8(16)15-7(10(17)18)4(3-20-9(6)15)2-19-5-1-12-14-13-5/h1,6,9H,2-3,11H2,(H,17,18)(H,12,13,14). The summed E-state index contributed by atoms with van der Waals surface area (Å²) in [6.45, 7) is 0. The van der Waals surface area contributed by atoms with Crippen molar-refractivity contribution in [3.63, 3.8) is 0 Å². The number of rotatable bonds is 4. The van der Waals surface area contributed by atoms with Crippen LogP contribution in [0.15, 0.2) is 22.5 Å². The minimum atomic E-state index is -1.09. The van der Waals surface area contributed by atoms with E-state index in [9.17, 15) is 14.7 Å². The molecule has 8 nitrogen and oxygen atoms in total. The summed E-state index contributed by atoms with van der Waals surface area (Å²) in [6, 6.07) is -0.597. The van der Waals surface area contributed by atoms with E-state index in [1.54, 1.807) is 6.20 Å². The van der Waals surface area contributed by atoms with E-state index in [-0.39, 0.29) is 17.0 Å². The number of fused-ring (bicyclic) bond motifs is 1. The van der Waals surface area contributed by atoms with Gasteiger partial charge in [-0.15, -0.1) is 28.6 Å². The van der Waals surface area contributed by atoms with E-state index in [2.05, 4.69) is 15.4 Å². The molecule has 1 saturated heterocycles. The van der Waals surface area contributed by atoms with Crippen LogP contribution < -0.4 is 5.73 Å². The molecule has 0 bridgehead atoms. The summed E-state index contributed by atoms with van der Waals surface area (Å²) in [6.07, 6.45) is 1.56. The highest BCUT2D eigenvalue weighted by Gasteiger charge is 2.51. The number of aromatic nitrogens is 3. The molecule has 0 spiro atoms. The number of hydrogen-bond donors (Lipinski definition) is 3. The summed E-state index contributed by atoms with van der Waals surface area (Å²) in [7, 11) is 0. The van der Waals surface area contributed by atoms with E-state index in [4.69, 9.17) is 5.73 Å². The number of thioether (sulfide) groups is 2. The van der Waals surface area contributed by atoms with Gasteiger partial charge in [0, 0.05) is 11.5 Å².